The second-order valence-corrected chi connectivity index (χ2v) is 10.7. The molecule has 0 aromatic carbocycles. The molecule has 9 atom stereocenters. The van der Waals surface area contributed by atoms with Crippen LogP contribution in [0.3, 0.4) is 0 Å². The summed E-state index contributed by atoms with van der Waals surface area (Å²) in [4.78, 5) is 24.1. The summed E-state index contributed by atoms with van der Waals surface area (Å²) in [5.41, 5.74) is 0.839. The van der Waals surface area contributed by atoms with Crippen molar-refractivity contribution in [3.05, 3.63) is 23.8 Å². The Morgan fingerprint density at radius 3 is 2.81 bits per heavy atom. The summed E-state index contributed by atoms with van der Waals surface area (Å²) >= 11 is 0. The third-order valence-electron chi connectivity index (χ3n) is 10.0. The molecule has 4 saturated carbocycles. The molecule has 27 heavy (non-hydrogen) atoms. The molecule has 0 radical (unpaired) electrons. The fourth-order valence-corrected chi connectivity index (χ4v) is 8.75. The average molecular weight is 366 g/mol. The number of hydrogen-bond acceptors (Lipinski definition) is 4. The third-order valence-corrected chi connectivity index (χ3v) is 10.0. The summed E-state index contributed by atoms with van der Waals surface area (Å²) in [5, 5.41) is 0. The Balaban J connectivity index is 1.37. The summed E-state index contributed by atoms with van der Waals surface area (Å²) in [5.74, 6) is 2.41. The SMILES string of the molecule is C[C@]12C=CC(=O)C=C1[C@@H]1C[C@H]1[C@H]1[C@@H]3CC[C@@]4(CCC(=O)O4)[C@@]3(C)C[C@@H]3O[C@@]132. The van der Waals surface area contributed by atoms with Crippen LogP contribution < -0.4 is 0 Å². The van der Waals surface area contributed by atoms with Crippen LogP contribution in [0.5, 0.6) is 0 Å². The Hall–Kier alpha value is -1.42. The molecule has 0 aromatic rings. The van der Waals surface area contributed by atoms with E-state index in [9.17, 15) is 9.59 Å². The van der Waals surface area contributed by atoms with Crippen LogP contribution in [-0.4, -0.2) is 29.1 Å². The molecule has 0 bridgehead atoms. The first-order chi connectivity index (χ1) is 12.8. The first kappa shape index (κ1) is 15.5. The van der Waals surface area contributed by atoms with E-state index >= 15 is 0 Å². The molecule has 2 aliphatic heterocycles. The lowest BCUT2D eigenvalue weighted by molar-refractivity contribution is -0.164. The molecular weight excluding hydrogens is 340 g/mol. The van der Waals surface area contributed by atoms with Crippen molar-refractivity contribution in [3.63, 3.8) is 0 Å². The lowest BCUT2D eigenvalue weighted by Gasteiger charge is -2.55. The van der Waals surface area contributed by atoms with Crippen LogP contribution in [0.4, 0.5) is 0 Å². The number of epoxide rings is 1. The Morgan fingerprint density at radius 2 is 2.04 bits per heavy atom. The van der Waals surface area contributed by atoms with Gasteiger partial charge in [-0.1, -0.05) is 18.6 Å². The quantitative estimate of drug-likeness (QED) is 0.487. The van der Waals surface area contributed by atoms with Gasteiger partial charge < -0.3 is 9.47 Å². The number of allylic oxidation sites excluding steroid dienone is 2. The van der Waals surface area contributed by atoms with Crippen molar-refractivity contribution in [2.45, 2.75) is 69.7 Å². The van der Waals surface area contributed by atoms with E-state index in [1.807, 2.05) is 6.08 Å². The van der Waals surface area contributed by atoms with Crippen molar-refractivity contribution in [1.82, 2.24) is 0 Å². The first-order valence-corrected chi connectivity index (χ1v) is 10.7. The smallest absolute Gasteiger partial charge is 0.306 e. The van der Waals surface area contributed by atoms with Gasteiger partial charge in [-0.25, -0.2) is 0 Å². The van der Waals surface area contributed by atoms with E-state index in [1.54, 1.807) is 6.08 Å². The Morgan fingerprint density at radius 1 is 1.19 bits per heavy atom. The molecule has 0 N–H and O–H groups in total. The highest BCUT2D eigenvalue weighted by Crippen LogP contribution is 2.82. The zero-order valence-corrected chi connectivity index (χ0v) is 16.0. The highest BCUT2D eigenvalue weighted by molar-refractivity contribution is 6.01. The summed E-state index contributed by atoms with van der Waals surface area (Å²) in [6.45, 7) is 4.70. The molecule has 2 spiro atoms. The number of esters is 1. The zero-order chi connectivity index (χ0) is 18.4. The zero-order valence-electron chi connectivity index (χ0n) is 16.0. The van der Waals surface area contributed by atoms with Crippen molar-refractivity contribution in [1.29, 1.82) is 0 Å². The van der Waals surface area contributed by atoms with Crippen molar-refractivity contribution >= 4 is 11.8 Å². The maximum Gasteiger partial charge on any atom is 0.306 e. The molecule has 2 heterocycles. The maximum atomic E-state index is 12.1. The van der Waals surface area contributed by atoms with Gasteiger partial charge in [-0.15, -0.1) is 0 Å². The van der Waals surface area contributed by atoms with Gasteiger partial charge in [0.05, 0.1) is 6.10 Å². The number of carbonyl (C=O) groups is 2. The first-order valence-electron chi connectivity index (χ1n) is 10.7. The lowest BCUT2D eigenvalue weighted by Crippen LogP contribution is -2.60. The summed E-state index contributed by atoms with van der Waals surface area (Å²) < 4.78 is 12.7. The molecule has 7 rings (SSSR count). The number of ketones is 1. The van der Waals surface area contributed by atoms with Gasteiger partial charge in [-0.2, -0.15) is 0 Å². The molecule has 0 unspecified atom stereocenters. The van der Waals surface area contributed by atoms with Gasteiger partial charge in [-0.05, 0) is 74.9 Å². The topological polar surface area (TPSA) is 55.9 Å². The van der Waals surface area contributed by atoms with Crippen molar-refractivity contribution in [2.75, 3.05) is 0 Å². The lowest BCUT2D eigenvalue weighted by atomic mass is 9.47. The monoisotopic (exact) mass is 366 g/mol. The molecule has 4 heteroatoms. The Labute approximate surface area is 159 Å². The van der Waals surface area contributed by atoms with Crippen LogP contribution >= 0.6 is 0 Å². The van der Waals surface area contributed by atoms with Crippen LogP contribution in [0.15, 0.2) is 23.8 Å². The van der Waals surface area contributed by atoms with Gasteiger partial charge in [0.15, 0.2) is 5.78 Å². The van der Waals surface area contributed by atoms with E-state index in [-0.39, 0.29) is 39.9 Å². The minimum atomic E-state index is -0.257. The van der Waals surface area contributed by atoms with Gasteiger partial charge in [0.2, 0.25) is 0 Å². The molecule has 0 aromatic heterocycles. The van der Waals surface area contributed by atoms with E-state index in [0.717, 1.165) is 25.7 Å². The van der Waals surface area contributed by atoms with Crippen LogP contribution in [-0.2, 0) is 19.1 Å². The molecule has 0 amide bonds. The highest BCUT2D eigenvalue weighted by Gasteiger charge is 2.85. The molecule has 2 saturated heterocycles. The van der Waals surface area contributed by atoms with Gasteiger partial charge in [0.25, 0.3) is 0 Å². The van der Waals surface area contributed by atoms with E-state index in [1.165, 1.54) is 12.0 Å². The Kier molecular flexibility index (Phi) is 2.37. The molecule has 142 valence electrons. The standard InChI is InChI=1S/C23H26O4/c1-20-6-3-12(24)9-16(20)13-10-14(13)19-15-4-7-22(8-5-18(25)27-22)21(15,2)11-17-23(19,20)26-17/h3,6,9,13-15,17,19H,4-5,7-8,10-11H2,1-2H3/t13-,14-,15+,17+,19+,20+,21+,22-,23-/m1/s1. The van der Waals surface area contributed by atoms with E-state index in [2.05, 4.69) is 19.9 Å². The number of carbonyl (C=O) groups excluding carboxylic acids is 2. The fourth-order valence-electron chi connectivity index (χ4n) is 8.75. The minimum Gasteiger partial charge on any atom is -0.458 e. The fraction of sp³-hybridized carbons (Fsp3) is 0.739. The van der Waals surface area contributed by atoms with Gasteiger partial charge in [-0.3, -0.25) is 9.59 Å². The molecule has 5 aliphatic carbocycles. The third kappa shape index (κ3) is 1.43. The number of rotatable bonds is 0. The van der Waals surface area contributed by atoms with Crippen LogP contribution in [0.25, 0.3) is 0 Å². The number of hydrogen-bond donors (Lipinski definition) is 0. The van der Waals surface area contributed by atoms with Gasteiger partial charge in [0.1, 0.15) is 11.2 Å². The van der Waals surface area contributed by atoms with Crippen LogP contribution in [0.2, 0.25) is 0 Å². The molecule has 6 fully saturated rings. The van der Waals surface area contributed by atoms with E-state index in [0.29, 0.717) is 30.1 Å². The van der Waals surface area contributed by atoms with Crippen LogP contribution in [0.1, 0.15) is 52.4 Å². The molecule has 7 aliphatic rings. The summed E-state index contributed by atoms with van der Waals surface area (Å²) in [6.07, 6.45) is 11.9. The van der Waals surface area contributed by atoms with Crippen molar-refractivity contribution < 1.29 is 19.1 Å². The molecule has 4 nitrogen and oxygen atoms in total. The number of fused-ring (bicyclic) bond motifs is 7. The summed E-state index contributed by atoms with van der Waals surface area (Å²) in [7, 11) is 0. The van der Waals surface area contributed by atoms with E-state index < -0.39 is 0 Å². The van der Waals surface area contributed by atoms with Crippen molar-refractivity contribution in [2.24, 2.45) is 34.5 Å². The van der Waals surface area contributed by atoms with Crippen LogP contribution in [0, 0.1) is 34.5 Å². The largest absolute Gasteiger partial charge is 0.458 e. The number of ether oxygens (including phenoxy) is 2. The maximum absolute atomic E-state index is 12.1. The highest BCUT2D eigenvalue weighted by atomic mass is 16.6. The normalized spacial score (nSPS) is 61.4. The second-order valence-electron chi connectivity index (χ2n) is 10.7. The van der Waals surface area contributed by atoms with Crippen molar-refractivity contribution in [3.8, 4) is 0 Å². The second kappa shape index (κ2) is 4.12. The summed E-state index contributed by atoms with van der Waals surface area (Å²) in [6, 6.07) is 0. The predicted octanol–water partition coefficient (Wildman–Crippen LogP) is 3.36. The Bertz CT molecular complexity index is 887. The minimum absolute atomic E-state index is 0.00993. The van der Waals surface area contributed by atoms with Gasteiger partial charge in [0, 0.05) is 17.3 Å². The average Bonchev–Trinajstić information content (AvgIpc) is 3.49. The van der Waals surface area contributed by atoms with Gasteiger partial charge >= 0.3 is 5.97 Å². The predicted molar refractivity (Wildman–Crippen MR) is 96.5 cm³/mol. The van der Waals surface area contributed by atoms with E-state index in [4.69, 9.17) is 9.47 Å². The molecular formula is C23H26O4.